The molecule has 2 heterocycles. The fraction of sp³-hybridized carbons (Fsp3) is 0.172. The van der Waals surface area contributed by atoms with E-state index in [4.69, 9.17) is 9.15 Å². The Balaban J connectivity index is 1.58. The maximum Gasteiger partial charge on any atom is 0.347 e. The zero-order valence-electron chi connectivity index (χ0n) is 19.0. The van der Waals surface area contributed by atoms with Gasteiger partial charge in [-0.2, -0.15) is 0 Å². The van der Waals surface area contributed by atoms with Gasteiger partial charge in [-0.25, -0.2) is 4.79 Å². The van der Waals surface area contributed by atoms with Gasteiger partial charge in [0.25, 0.3) is 0 Å². The molecule has 1 aliphatic carbocycles. The van der Waals surface area contributed by atoms with E-state index in [2.05, 4.69) is 0 Å². The number of carbonyl (C=O) groups excluding carboxylic acids is 3. The van der Waals surface area contributed by atoms with Gasteiger partial charge in [0, 0.05) is 22.4 Å². The van der Waals surface area contributed by atoms with Crippen LogP contribution in [0.25, 0.3) is 11.0 Å². The van der Waals surface area contributed by atoms with Crippen molar-refractivity contribution in [2.45, 2.75) is 19.8 Å². The molecule has 35 heavy (non-hydrogen) atoms. The molecule has 6 heteroatoms. The zero-order valence-corrected chi connectivity index (χ0v) is 19.0. The molecule has 3 unspecified atom stereocenters. The first-order chi connectivity index (χ1) is 16.8. The number of carbonyl (C=O) groups is 3. The number of ketones is 2. The minimum absolute atomic E-state index is 0.273. The third kappa shape index (κ3) is 2.65. The topological polar surface area (TPSA) is 90.7 Å². The van der Waals surface area contributed by atoms with E-state index in [1.165, 1.54) is 6.07 Å². The Hall–Kier alpha value is -4.32. The van der Waals surface area contributed by atoms with Crippen LogP contribution >= 0.6 is 0 Å². The van der Waals surface area contributed by atoms with Crippen LogP contribution in [0.5, 0.6) is 5.75 Å². The average molecular weight is 464 g/mol. The van der Waals surface area contributed by atoms with Crippen LogP contribution in [0.3, 0.4) is 0 Å². The summed E-state index contributed by atoms with van der Waals surface area (Å²) >= 11 is 0. The number of Topliss-reactive ketones (excluding diaryl/α,β-unsaturated/α-hetero) is 2. The second kappa shape index (κ2) is 7.09. The van der Waals surface area contributed by atoms with Crippen molar-refractivity contribution in [3.05, 3.63) is 112 Å². The third-order valence-electron chi connectivity index (χ3n) is 7.53. The summed E-state index contributed by atoms with van der Waals surface area (Å²) in [5.41, 5.74) is -2.17. The van der Waals surface area contributed by atoms with E-state index < -0.39 is 34.1 Å². The van der Waals surface area contributed by atoms with Gasteiger partial charge in [0.05, 0.1) is 5.41 Å². The van der Waals surface area contributed by atoms with Gasteiger partial charge in [-0.05, 0) is 25.1 Å². The Labute approximate surface area is 200 Å². The summed E-state index contributed by atoms with van der Waals surface area (Å²) < 4.78 is 11.0. The highest BCUT2D eigenvalue weighted by Crippen LogP contribution is 2.79. The number of ether oxygens (including phenoxy) is 1. The lowest BCUT2D eigenvalue weighted by atomic mass is 9.82. The molecule has 1 aliphatic heterocycles. The van der Waals surface area contributed by atoms with Crippen LogP contribution in [0.15, 0.2) is 88.1 Å². The molecule has 6 nitrogen and oxygen atoms in total. The van der Waals surface area contributed by atoms with E-state index in [1.54, 1.807) is 79.7 Å². The van der Waals surface area contributed by atoms with Crippen molar-refractivity contribution < 1.29 is 23.5 Å². The van der Waals surface area contributed by atoms with Gasteiger partial charge in [0.2, 0.25) is 0 Å². The monoisotopic (exact) mass is 464 g/mol. The van der Waals surface area contributed by atoms with E-state index in [9.17, 15) is 19.2 Å². The minimum Gasteiger partial charge on any atom is -0.425 e. The summed E-state index contributed by atoms with van der Waals surface area (Å²) in [6.45, 7) is 3.52. The van der Waals surface area contributed by atoms with Gasteiger partial charge in [-0.15, -0.1) is 0 Å². The highest BCUT2D eigenvalue weighted by atomic mass is 16.5. The van der Waals surface area contributed by atoms with Gasteiger partial charge in [0.15, 0.2) is 17.0 Å². The maximum atomic E-state index is 14.1. The molecule has 2 aliphatic rings. The van der Waals surface area contributed by atoms with Crippen molar-refractivity contribution in [1.82, 2.24) is 0 Å². The largest absolute Gasteiger partial charge is 0.425 e. The van der Waals surface area contributed by atoms with Crippen molar-refractivity contribution in [3.63, 3.8) is 0 Å². The number of esters is 1. The predicted octanol–water partition coefficient (Wildman–Crippen LogP) is 4.88. The molecular weight excluding hydrogens is 444 g/mol. The maximum absolute atomic E-state index is 14.1. The van der Waals surface area contributed by atoms with Gasteiger partial charge >= 0.3 is 11.6 Å². The van der Waals surface area contributed by atoms with Crippen molar-refractivity contribution in [3.8, 4) is 5.75 Å². The molecule has 0 N–H and O–H groups in total. The van der Waals surface area contributed by atoms with Crippen molar-refractivity contribution in [2.75, 3.05) is 0 Å². The molecule has 0 bridgehead atoms. The van der Waals surface area contributed by atoms with Crippen LogP contribution < -0.4 is 10.4 Å². The Kier molecular flexibility index (Phi) is 4.30. The van der Waals surface area contributed by atoms with Gasteiger partial charge in [0.1, 0.15) is 16.9 Å². The summed E-state index contributed by atoms with van der Waals surface area (Å²) in [5, 5.41) is 0.542. The van der Waals surface area contributed by atoms with Crippen LogP contribution in [-0.4, -0.2) is 17.5 Å². The Morgan fingerprint density at radius 1 is 0.857 bits per heavy atom. The second-order valence-corrected chi connectivity index (χ2v) is 9.38. The number of para-hydroxylation sites is 2. The molecule has 6 rings (SSSR count). The van der Waals surface area contributed by atoms with Crippen molar-refractivity contribution >= 4 is 28.5 Å². The van der Waals surface area contributed by atoms with Crippen LogP contribution in [0.1, 0.15) is 44.7 Å². The lowest BCUT2D eigenvalue weighted by Crippen LogP contribution is -2.40. The first-order valence-corrected chi connectivity index (χ1v) is 11.3. The van der Waals surface area contributed by atoms with Crippen LogP contribution in [0.2, 0.25) is 0 Å². The summed E-state index contributed by atoms with van der Waals surface area (Å²) in [6, 6.07) is 22.1. The van der Waals surface area contributed by atoms with E-state index in [-0.39, 0.29) is 11.3 Å². The lowest BCUT2D eigenvalue weighted by Gasteiger charge is -2.22. The van der Waals surface area contributed by atoms with Crippen LogP contribution in [0.4, 0.5) is 0 Å². The number of hydrogen-bond acceptors (Lipinski definition) is 6. The molecule has 1 saturated carbocycles. The summed E-state index contributed by atoms with van der Waals surface area (Å²) in [6.07, 6.45) is 0. The molecule has 0 spiro atoms. The van der Waals surface area contributed by atoms with E-state index in [1.807, 2.05) is 6.92 Å². The first kappa shape index (κ1) is 21.2. The standard InChI is InChI=1S/C29H20O6/c1-16-11-13-17(14-12-16)24(30)28(2)23-19-8-4-6-10-22(19)35-27(33)29(23,28)25(31)20-15-18-7-3-5-9-21(18)34-26(20)32/h3-15,23H,1-2H3. The van der Waals surface area contributed by atoms with Gasteiger partial charge in [-0.1, -0.05) is 73.2 Å². The Bertz CT molecular complexity index is 1630. The molecule has 172 valence electrons. The molecule has 4 aromatic rings. The summed E-state index contributed by atoms with van der Waals surface area (Å²) in [5.74, 6) is -2.41. The van der Waals surface area contributed by atoms with Crippen LogP contribution in [-0.2, 0) is 4.79 Å². The molecule has 0 amide bonds. The zero-order chi connectivity index (χ0) is 24.5. The molecule has 3 atom stereocenters. The van der Waals surface area contributed by atoms with Crippen LogP contribution in [0, 0.1) is 17.8 Å². The van der Waals surface area contributed by atoms with E-state index in [0.717, 1.165) is 5.56 Å². The smallest absolute Gasteiger partial charge is 0.347 e. The number of fused-ring (bicyclic) bond motifs is 4. The number of hydrogen-bond donors (Lipinski definition) is 0. The number of aryl methyl sites for hydroxylation is 1. The SMILES string of the molecule is Cc1ccc(C(=O)C2(C)C3c4ccccc4OC(=O)C32C(=O)c2cc3ccccc3oc2=O)cc1. The molecule has 0 radical (unpaired) electrons. The highest BCUT2D eigenvalue weighted by molar-refractivity contribution is 6.25. The van der Waals surface area contributed by atoms with Gasteiger partial charge < -0.3 is 9.15 Å². The summed E-state index contributed by atoms with van der Waals surface area (Å²) in [7, 11) is 0. The van der Waals surface area contributed by atoms with Crippen molar-refractivity contribution in [2.24, 2.45) is 10.8 Å². The van der Waals surface area contributed by atoms with Crippen molar-refractivity contribution in [1.29, 1.82) is 0 Å². The Morgan fingerprint density at radius 2 is 1.54 bits per heavy atom. The normalized spacial score (nSPS) is 24.3. The fourth-order valence-corrected chi connectivity index (χ4v) is 5.69. The molecular formula is C29H20O6. The van der Waals surface area contributed by atoms with Gasteiger partial charge in [-0.3, -0.25) is 14.4 Å². The minimum atomic E-state index is -1.87. The number of benzene rings is 3. The Morgan fingerprint density at radius 3 is 2.31 bits per heavy atom. The predicted molar refractivity (Wildman–Crippen MR) is 128 cm³/mol. The van der Waals surface area contributed by atoms with E-state index in [0.29, 0.717) is 27.8 Å². The second-order valence-electron chi connectivity index (χ2n) is 9.38. The third-order valence-corrected chi connectivity index (χ3v) is 7.53. The average Bonchev–Trinajstić information content (AvgIpc) is 3.46. The molecule has 3 aromatic carbocycles. The molecule has 1 fully saturated rings. The highest BCUT2D eigenvalue weighted by Gasteiger charge is 2.87. The summed E-state index contributed by atoms with van der Waals surface area (Å²) in [4.78, 5) is 54.6. The fourth-order valence-electron chi connectivity index (χ4n) is 5.69. The lowest BCUT2D eigenvalue weighted by molar-refractivity contribution is -0.140. The molecule has 0 saturated heterocycles. The molecule has 1 aromatic heterocycles. The first-order valence-electron chi connectivity index (χ1n) is 11.3. The van der Waals surface area contributed by atoms with E-state index >= 15 is 0 Å². The quantitative estimate of drug-likeness (QED) is 0.141. The number of rotatable bonds is 4.